The van der Waals surface area contributed by atoms with Crippen molar-refractivity contribution in [3.63, 3.8) is 0 Å². The van der Waals surface area contributed by atoms with Crippen molar-refractivity contribution < 1.29 is 0 Å². The lowest BCUT2D eigenvalue weighted by molar-refractivity contribution is 0.382. The number of imidazole rings is 1. The highest BCUT2D eigenvalue weighted by molar-refractivity contribution is 5.13. The number of rotatable bonds is 2. The van der Waals surface area contributed by atoms with Crippen LogP contribution in [0.4, 0.5) is 0 Å². The average Bonchev–Trinajstić information content (AvgIpc) is 2.79. The van der Waals surface area contributed by atoms with Crippen LogP contribution in [0.1, 0.15) is 18.2 Å². The molecule has 1 aliphatic heterocycles. The topological polar surface area (TPSA) is 44.9 Å². The lowest BCUT2D eigenvalue weighted by atomic mass is 9.92. The van der Waals surface area contributed by atoms with Gasteiger partial charge in [0.2, 0.25) is 0 Å². The lowest BCUT2D eigenvalue weighted by Gasteiger charge is -2.16. The molecule has 2 atom stereocenters. The summed E-state index contributed by atoms with van der Waals surface area (Å²) >= 11 is 0. The predicted molar refractivity (Wildman–Crippen MR) is 57.2 cm³/mol. The van der Waals surface area contributed by atoms with Crippen LogP contribution < -0.4 is 0 Å². The summed E-state index contributed by atoms with van der Waals surface area (Å²) in [5.41, 5.74) is 0. The monoisotopic (exact) mass is 204 g/mol. The fraction of sp³-hybridized carbons (Fsp3) is 0.636. The minimum atomic E-state index is -0.0602. The van der Waals surface area contributed by atoms with E-state index in [1.165, 1.54) is 0 Å². The Balaban J connectivity index is 2.19. The van der Waals surface area contributed by atoms with E-state index in [-0.39, 0.29) is 5.92 Å². The molecule has 1 aliphatic rings. The Bertz CT molecular complexity index is 376. The zero-order valence-electron chi connectivity index (χ0n) is 9.22. The Hall–Kier alpha value is -1.34. The molecule has 0 aromatic carbocycles. The van der Waals surface area contributed by atoms with Crippen LogP contribution in [-0.2, 0) is 7.05 Å². The number of nitriles is 1. The number of likely N-dealkylation sites (tertiary alicyclic amines) is 1. The summed E-state index contributed by atoms with van der Waals surface area (Å²) in [6.07, 6.45) is 4.76. The van der Waals surface area contributed by atoms with Gasteiger partial charge in [-0.1, -0.05) is 0 Å². The fourth-order valence-electron chi connectivity index (χ4n) is 2.29. The molecule has 2 heterocycles. The third-order valence-electron chi connectivity index (χ3n) is 3.17. The number of hydrogen-bond acceptors (Lipinski definition) is 3. The first-order valence-corrected chi connectivity index (χ1v) is 5.27. The summed E-state index contributed by atoms with van der Waals surface area (Å²) in [5.74, 6) is 1.27. The summed E-state index contributed by atoms with van der Waals surface area (Å²) in [7, 11) is 4.05. The van der Waals surface area contributed by atoms with Crippen LogP contribution in [0.5, 0.6) is 0 Å². The molecule has 80 valence electrons. The molecule has 0 bridgehead atoms. The molecule has 0 N–H and O–H groups in total. The summed E-state index contributed by atoms with van der Waals surface area (Å²) in [6, 6.07) is 2.40. The molecule has 0 saturated carbocycles. The van der Waals surface area contributed by atoms with E-state index in [4.69, 9.17) is 0 Å². The second-order valence-corrected chi connectivity index (χ2v) is 4.31. The van der Waals surface area contributed by atoms with Crippen LogP contribution in [0.3, 0.4) is 0 Å². The van der Waals surface area contributed by atoms with Gasteiger partial charge >= 0.3 is 0 Å². The highest BCUT2D eigenvalue weighted by Crippen LogP contribution is 2.29. The first-order valence-electron chi connectivity index (χ1n) is 5.27. The molecule has 15 heavy (non-hydrogen) atoms. The van der Waals surface area contributed by atoms with E-state index >= 15 is 0 Å². The van der Waals surface area contributed by atoms with E-state index < -0.39 is 0 Å². The van der Waals surface area contributed by atoms with Gasteiger partial charge in [-0.3, -0.25) is 0 Å². The minimum absolute atomic E-state index is 0.0602. The Labute approximate surface area is 90.1 Å². The summed E-state index contributed by atoms with van der Waals surface area (Å²) in [6.45, 7) is 2.10. The number of aryl methyl sites for hydroxylation is 1. The third kappa shape index (κ3) is 1.88. The predicted octanol–water partition coefficient (Wildman–Crippen LogP) is 0.979. The van der Waals surface area contributed by atoms with Gasteiger partial charge in [0.1, 0.15) is 11.7 Å². The number of hydrogen-bond donors (Lipinski definition) is 0. The second-order valence-electron chi connectivity index (χ2n) is 4.31. The molecule has 0 amide bonds. The van der Waals surface area contributed by atoms with Crippen LogP contribution >= 0.6 is 0 Å². The van der Waals surface area contributed by atoms with Gasteiger partial charge in [0.15, 0.2) is 0 Å². The van der Waals surface area contributed by atoms with Gasteiger partial charge in [-0.25, -0.2) is 4.98 Å². The lowest BCUT2D eigenvalue weighted by Crippen LogP contribution is -2.19. The van der Waals surface area contributed by atoms with Gasteiger partial charge in [0.05, 0.1) is 6.07 Å². The number of nitrogens with zero attached hydrogens (tertiary/aromatic N) is 4. The van der Waals surface area contributed by atoms with Crippen molar-refractivity contribution in [1.82, 2.24) is 14.5 Å². The van der Waals surface area contributed by atoms with E-state index in [1.807, 2.05) is 17.8 Å². The molecule has 0 aliphatic carbocycles. The molecule has 4 nitrogen and oxygen atoms in total. The van der Waals surface area contributed by atoms with Crippen LogP contribution in [0.25, 0.3) is 0 Å². The SMILES string of the molecule is CN1CCC(C(C#N)c2nccn2C)C1. The average molecular weight is 204 g/mol. The Kier molecular flexibility index (Phi) is 2.74. The maximum Gasteiger partial charge on any atom is 0.126 e. The van der Waals surface area contributed by atoms with Gasteiger partial charge in [-0.15, -0.1) is 0 Å². The quantitative estimate of drug-likeness (QED) is 0.721. The molecule has 0 spiro atoms. The molecule has 1 fully saturated rings. The molecule has 2 unspecified atom stereocenters. The van der Waals surface area contributed by atoms with E-state index in [1.54, 1.807) is 6.20 Å². The molecule has 1 aromatic heterocycles. The van der Waals surface area contributed by atoms with Crippen molar-refractivity contribution in [3.8, 4) is 6.07 Å². The summed E-state index contributed by atoms with van der Waals surface area (Å²) < 4.78 is 1.95. The van der Waals surface area contributed by atoms with Gasteiger partial charge < -0.3 is 9.47 Å². The minimum Gasteiger partial charge on any atom is -0.337 e. The van der Waals surface area contributed by atoms with Crippen LogP contribution in [0, 0.1) is 17.2 Å². The Morgan fingerprint density at radius 3 is 2.87 bits per heavy atom. The van der Waals surface area contributed by atoms with Crippen LogP contribution in [0.2, 0.25) is 0 Å². The molecule has 4 heteroatoms. The zero-order valence-corrected chi connectivity index (χ0v) is 9.22. The highest BCUT2D eigenvalue weighted by Gasteiger charge is 2.31. The fourth-order valence-corrected chi connectivity index (χ4v) is 2.29. The van der Waals surface area contributed by atoms with Crippen molar-refractivity contribution in [1.29, 1.82) is 5.26 Å². The maximum atomic E-state index is 9.25. The molecular formula is C11H16N4. The van der Waals surface area contributed by atoms with Gasteiger partial charge in [-0.2, -0.15) is 5.26 Å². The summed E-state index contributed by atoms with van der Waals surface area (Å²) in [4.78, 5) is 6.55. The standard InChI is InChI=1S/C11H16N4/c1-14-5-3-9(8-14)10(7-12)11-13-4-6-15(11)2/h4,6,9-10H,3,5,8H2,1-2H3. The largest absolute Gasteiger partial charge is 0.337 e. The Morgan fingerprint density at radius 1 is 1.60 bits per heavy atom. The van der Waals surface area contributed by atoms with Crippen molar-refractivity contribution in [3.05, 3.63) is 18.2 Å². The van der Waals surface area contributed by atoms with Crippen molar-refractivity contribution in [2.24, 2.45) is 13.0 Å². The van der Waals surface area contributed by atoms with Crippen molar-refractivity contribution in [2.45, 2.75) is 12.3 Å². The number of aromatic nitrogens is 2. The molecule has 0 radical (unpaired) electrons. The molecule has 2 rings (SSSR count). The normalized spacial score (nSPS) is 23.9. The van der Waals surface area contributed by atoms with E-state index in [9.17, 15) is 5.26 Å². The first-order chi connectivity index (χ1) is 7.22. The molecule has 1 saturated heterocycles. The van der Waals surface area contributed by atoms with Crippen LogP contribution in [0.15, 0.2) is 12.4 Å². The Morgan fingerprint density at radius 2 is 2.40 bits per heavy atom. The van der Waals surface area contributed by atoms with E-state index in [0.717, 1.165) is 25.3 Å². The van der Waals surface area contributed by atoms with Crippen molar-refractivity contribution in [2.75, 3.05) is 20.1 Å². The smallest absolute Gasteiger partial charge is 0.126 e. The van der Waals surface area contributed by atoms with E-state index in [2.05, 4.69) is 23.0 Å². The highest BCUT2D eigenvalue weighted by atomic mass is 15.1. The summed E-state index contributed by atoms with van der Waals surface area (Å²) in [5, 5.41) is 9.25. The van der Waals surface area contributed by atoms with Crippen molar-refractivity contribution >= 4 is 0 Å². The second kappa shape index (κ2) is 4.03. The van der Waals surface area contributed by atoms with E-state index in [0.29, 0.717) is 5.92 Å². The molecule has 1 aromatic rings. The van der Waals surface area contributed by atoms with Crippen LogP contribution in [-0.4, -0.2) is 34.6 Å². The third-order valence-corrected chi connectivity index (χ3v) is 3.17. The first kappa shape index (κ1) is 10.2. The van der Waals surface area contributed by atoms with Gasteiger partial charge in [0.25, 0.3) is 0 Å². The zero-order chi connectivity index (χ0) is 10.8. The van der Waals surface area contributed by atoms with Gasteiger partial charge in [0, 0.05) is 26.0 Å². The molecular weight excluding hydrogens is 188 g/mol. The van der Waals surface area contributed by atoms with Gasteiger partial charge in [-0.05, 0) is 25.9 Å². The maximum absolute atomic E-state index is 9.25.